The zero-order chi connectivity index (χ0) is 18.7. The lowest BCUT2D eigenvalue weighted by Crippen LogP contribution is -2.42. The molecular weight excluding hydrogens is 352 g/mol. The number of likely N-dealkylation sites (tertiary alicyclic amines) is 1. The Hall–Kier alpha value is -2.51. The second kappa shape index (κ2) is 7.39. The minimum absolute atomic E-state index is 0.0372. The van der Waals surface area contributed by atoms with Crippen molar-refractivity contribution in [1.29, 1.82) is 0 Å². The van der Waals surface area contributed by atoms with Crippen molar-refractivity contribution >= 4 is 21.7 Å². The summed E-state index contributed by atoms with van der Waals surface area (Å²) in [6, 6.07) is 14.6. The predicted octanol–water partition coefficient (Wildman–Crippen LogP) is 2.07. The van der Waals surface area contributed by atoms with Gasteiger partial charge in [0.1, 0.15) is 0 Å². The molecule has 3 rings (SSSR count). The first kappa shape index (κ1) is 18.3. The quantitative estimate of drug-likeness (QED) is 0.831. The molecule has 1 aliphatic heterocycles. The van der Waals surface area contributed by atoms with E-state index in [0.29, 0.717) is 24.2 Å². The van der Waals surface area contributed by atoms with Gasteiger partial charge in [0.2, 0.25) is 10.0 Å². The van der Waals surface area contributed by atoms with Gasteiger partial charge in [0.15, 0.2) is 5.78 Å². The van der Waals surface area contributed by atoms with Gasteiger partial charge in [-0.05, 0) is 37.1 Å². The van der Waals surface area contributed by atoms with E-state index in [1.807, 2.05) is 18.2 Å². The van der Waals surface area contributed by atoms with Gasteiger partial charge in [-0.15, -0.1) is 0 Å². The molecule has 136 valence electrons. The van der Waals surface area contributed by atoms with Crippen LogP contribution in [0.5, 0.6) is 0 Å². The summed E-state index contributed by atoms with van der Waals surface area (Å²) in [7, 11) is -3.79. The number of nitrogens with two attached hydrogens (primary N) is 1. The van der Waals surface area contributed by atoms with E-state index in [1.54, 1.807) is 17.0 Å². The van der Waals surface area contributed by atoms with Crippen molar-refractivity contribution in [3.63, 3.8) is 0 Å². The molecular formula is C19H20N2O4S. The Morgan fingerprint density at radius 3 is 2.23 bits per heavy atom. The number of piperidine rings is 1. The first-order chi connectivity index (χ1) is 12.4. The molecule has 1 heterocycles. The average Bonchev–Trinajstić information content (AvgIpc) is 2.67. The standard InChI is InChI=1S/C19H20N2O4S/c20-26(24,25)17-10-8-15(9-11-17)19(23)21-12-4-7-16(13-21)18(22)14-5-2-1-3-6-14/h1-3,5-6,8-11,16H,4,7,12-13H2,(H2,20,24,25)/t16-/m0/s1. The molecule has 0 unspecified atom stereocenters. The van der Waals surface area contributed by atoms with Crippen LogP contribution in [0.2, 0.25) is 0 Å². The number of amides is 1. The van der Waals surface area contributed by atoms with E-state index in [9.17, 15) is 18.0 Å². The molecule has 0 aromatic heterocycles. The zero-order valence-electron chi connectivity index (χ0n) is 14.2. The molecule has 1 aliphatic rings. The number of rotatable bonds is 4. The highest BCUT2D eigenvalue weighted by Crippen LogP contribution is 2.22. The molecule has 0 radical (unpaired) electrons. The Morgan fingerprint density at radius 1 is 0.962 bits per heavy atom. The van der Waals surface area contributed by atoms with Gasteiger partial charge < -0.3 is 4.90 Å². The van der Waals surface area contributed by atoms with Crippen molar-refractivity contribution in [2.24, 2.45) is 11.1 Å². The van der Waals surface area contributed by atoms with Crippen LogP contribution >= 0.6 is 0 Å². The van der Waals surface area contributed by atoms with Crippen molar-refractivity contribution in [2.75, 3.05) is 13.1 Å². The topological polar surface area (TPSA) is 97.5 Å². The van der Waals surface area contributed by atoms with Crippen LogP contribution < -0.4 is 5.14 Å². The molecule has 1 amide bonds. The van der Waals surface area contributed by atoms with Crippen molar-refractivity contribution < 1.29 is 18.0 Å². The number of carbonyl (C=O) groups excluding carboxylic acids is 2. The zero-order valence-corrected chi connectivity index (χ0v) is 15.0. The molecule has 2 aromatic rings. The number of sulfonamides is 1. The van der Waals surface area contributed by atoms with Crippen LogP contribution in [0, 0.1) is 5.92 Å². The third-order valence-electron chi connectivity index (χ3n) is 4.57. The highest BCUT2D eigenvalue weighted by atomic mass is 32.2. The van der Waals surface area contributed by atoms with Gasteiger partial charge in [0.05, 0.1) is 4.90 Å². The molecule has 1 atom stereocenters. The number of Topliss-reactive ketones (excluding diaryl/α,β-unsaturated/α-hetero) is 1. The Kier molecular flexibility index (Phi) is 5.20. The van der Waals surface area contributed by atoms with Gasteiger partial charge in [-0.3, -0.25) is 9.59 Å². The number of hydrogen-bond acceptors (Lipinski definition) is 4. The van der Waals surface area contributed by atoms with E-state index in [-0.39, 0.29) is 22.5 Å². The summed E-state index contributed by atoms with van der Waals surface area (Å²) in [5.74, 6) is -0.386. The Bertz CT molecular complexity index is 908. The Balaban J connectivity index is 1.73. The molecule has 2 aromatic carbocycles. The van der Waals surface area contributed by atoms with E-state index in [4.69, 9.17) is 5.14 Å². The molecule has 6 nitrogen and oxygen atoms in total. The number of nitrogens with zero attached hydrogens (tertiary/aromatic N) is 1. The second-order valence-electron chi connectivity index (χ2n) is 6.39. The van der Waals surface area contributed by atoms with Crippen LogP contribution in [0.4, 0.5) is 0 Å². The summed E-state index contributed by atoms with van der Waals surface area (Å²) in [4.78, 5) is 27.0. The van der Waals surface area contributed by atoms with E-state index >= 15 is 0 Å². The maximum atomic E-state index is 12.7. The SMILES string of the molecule is NS(=O)(=O)c1ccc(C(=O)N2CCC[C@H](C(=O)c3ccccc3)C2)cc1. The third kappa shape index (κ3) is 4.00. The molecule has 0 spiro atoms. The predicted molar refractivity (Wildman–Crippen MR) is 97.2 cm³/mol. The van der Waals surface area contributed by atoms with Crippen molar-refractivity contribution in [3.8, 4) is 0 Å². The summed E-state index contributed by atoms with van der Waals surface area (Å²) < 4.78 is 22.6. The number of ketones is 1. The molecule has 1 fully saturated rings. The molecule has 7 heteroatoms. The minimum atomic E-state index is -3.79. The van der Waals surface area contributed by atoms with Crippen molar-refractivity contribution in [3.05, 3.63) is 65.7 Å². The average molecular weight is 372 g/mol. The van der Waals surface area contributed by atoms with Gasteiger partial charge in [-0.2, -0.15) is 0 Å². The van der Waals surface area contributed by atoms with Gasteiger partial charge in [-0.25, -0.2) is 13.6 Å². The number of carbonyl (C=O) groups is 2. The van der Waals surface area contributed by atoms with E-state index in [1.165, 1.54) is 24.3 Å². The summed E-state index contributed by atoms with van der Waals surface area (Å²) in [6.07, 6.45) is 1.51. The molecule has 0 aliphatic carbocycles. The molecule has 1 saturated heterocycles. The van der Waals surface area contributed by atoms with Crippen LogP contribution in [0.1, 0.15) is 33.6 Å². The fourth-order valence-corrected chi connectivity index (χ4v) is 3.70. The van der Waals surface area contributed by atoms with Gasteiger partial charge >= 0.3 is 0 Å². The number of hydrogen-bond donors (Lipinski definition) is 1. The fourth-order valence-electron chi connectivity index (χ4n) is 3.18. The molecule has 0 bridgehead atoms. The van der Waals surface area contributed by atoms with Gasteiger partial charge in [0, 0.05) is 30.1 Å². The largest absolute Gasteiger partial charge is 0.338 e. The van der Waals surface area contributed by atoms with Gasteiger partial charge in [0.25, 0.3) is 5.91 Å². The first-order valence-corrected chi connectivity index (χ1v) is 9.92. The number of primary sulfonamides is 1. The smallest absolute Gasteiger partial charge is 0.253 e. The molecule has 26 heavy (non-hydrogen) atoms. The van der Waals surface area contributed by atoms with Crippen LogP contribution in [-0.4, -0.2) is 38.1 Å². The van der Waals surface area contributed by atoms with Crippen LogP contribution in [-0.2, 0) is 10.0 Å². The summed E-state index contributed by atoms with van der Waals surface area (Å²) >= 11 is 0. The normalized spacial score (nSPS) is 17.7. The third-order valence-corrected chi connectivity index (χ3v) is 5.50. The first-order valence-electron chi connectivity index (χ1n) is 8.37. The second-order valence-corrected chi connectivity index (χ2v) is 7.95. The lowest BCUT2D eigenvalue weighted by Gasteiger charge is -2.32. The fraction of sp³-hybridized carbons (Fsp3) is 0.263. The van der Waals surface area contributed by atoms with Crippen LogP contribution in [0.3, 0.4) is 0 Å². The monoisotopic (exact) mass is 372 g/mol. The van der Waals surface area contributed by atoms with E-state index in [0.717, 1.165) is 12.8 Å². The Morgan fingerprint density at radius 2 is 1.62 bits per heavy atom. The summed E-state index contributed by atoms with van der Waals surface area (Å²) in [5, 5.41) is 5.07. The van der Waals surface area contributed by atoms with Gasteiger partial charge in [-0.1, -0.05) is 30.3 Å². The van der Waals surface area contributed by atoms with Crippen molar-refractivity contribution in [1.82, 2.24) is 4.90 Å². The number of benzene rings is 2. The maximum Gasteiger partial charge on any atom is 0.253 e. The van der Waals surface area contributed by atoms with Crippen molar-refractivity contribution in [2.45, 2.75) is 17.7 Å². The van der Waals surface area contributed by atoms with E-state index < -0.39 is 10.0 Å². The lowest BCUT2D eigenvalue weighted by molar-refractivity contribution is 0.0637. The van der Waals surface area contributed by atoms with Crippen LogP contribution in [0.25, 0.3) is 0 Å². The maximum absolute atomic E-state index is 12.7. The highest BCUT2D eigenvalue weighted by molar-refractivity contribution is 7.89. The van der Waals surface area contributed by atoms with E-state index in [2.05, 4.69) is 0 Å². The Labute approximate surface area is 152 Å². The summed E-state index contributed by atoms with van der Waals surface area (Å²) in [5.41, 5.74) is 1.04. The molecule has 0 saturated carbocycles. The minimum Gasteiger partial charge on any atom is -0.338 e. The summed E-state index contributed by atoms with van der Waals surface area (Å²) in [6.45, 7) is 0.942. The van der Waals surface area contributed by atoms with Crippen LogP contribution in [0.15, 0.2) is 59.5 Å². The lowest BCUT2D eigenvalue weighted by atomic mass is 9.89. The molecule has 2 N–H and O–H groups in total. The highest BCUT2D eigenvalue weighted by Gasteiger charge is 2.29.